The van der Waals surface area contributed by atoms with Crippen LogP contribution in [0.3, 0.4) is 0 Å². The fourth-order valence-corrected chi connectivity index (χ4v) is 2.45. The van der Waals surface area contributed by atoms with Crippen LogP contribution >= 0.6 is 0 Å². The summed E-state index contributed by atoms with van der Waals surface area (Å²) in [6.07, 6.45) is 0.686. The minimum atomic E-state index is -0.830. The van der Waals surface area contributed by atoms with Gasteiger partial charge < -0.3 is 15.2 Å². The van der Waals surface area contributed by atoms with Crippen molar-refractivity contribution in [3.8, 4) is 5.75 Å². The van der Waals surface area contributed by atoms with Gasteiger partial charge in [-0.05, 0) is 51.1 Å². The molecule has 1 amide bonds. The molecule has 1 unspecified atom stereocenters. The highest BCUT2D eigenvalue weighted by molar-refractivity contribution is 5.94. The average Bonchev–Trinajstić information content (AvgIpc) is 2.46. The molecule has 1 aromatic rings. The number of amides is 1. The lowest BCUT2D eigenvalue weighted by Crippen LogP contribution is -2.49. The Labute approximate surface area is 133 Å². The molecule has 5 heteroatoms. The van der Waals surface area contributed by atoms with Crippen molar-refractivity contribution in [2.75, 3.05) is 25.5 Å². The Kier molecular flexibility index (Phi) is 6.84. The molecule has 0 fully saturated rings. The average molecular weight is 308 g/mol. The number of ether oxygens (including phenoxy) is 1. The van der Waals surface area contributed by atoms with E-state index >= 15 is 0 Å². The summed E-state index contributed by atoms with van der Waals surface area (Å²) in [4.78, 5) is 14.5. The van der Waals surface area contributed by atoms with Crippen LogP contribution in [0.5, 0.6) is 5.75 Å². The van der Waals surface area contributed by atoms with Crippen LogP contribution in [0, 0.1) is 0 Å². The normalized spacial score (nSPS) is 13.0. The summed E-state index contributed by atoms with van der Waals surface area (Å²) in [5.41, 5.74) is -0.0901. The van der Waals surface area contributed by atoms with Crippen molar-refractivity contribution < 1.29 is 14.6 Å². The van der Waals surface area contributed by atoms with Crippen molar-refractivity contribution >= 4 is 11.6 Å². The molecule has 2 N–H and O–H groups in total. The van der Waals surface area contributed by atoms with Crippen LogP contribution in [-0.4, -0.2) is 47.8 Å². The number of aliphatic hydroxyl groups is 1. The molecular formula is C17H28N2O3. The standard InChI is InChI=1S/C17H28N2O3/c1-6-15(19(7-2)12-17(3,4)21)16(20)18-13-8-10-14(22-5)11-9-13/h8-11,15,21H,6-7,12H2,1-5H3,(H,18,20). The Morgan fingerprint density at radius 1 is 1.32 bits per heavy atom. The molecule has 1 atom stereocenters. The van der Waals surface area contributed by atoms with Gasteiger partial charge in [-0.15, -0.1) is 0 Å². The van der Waals surface area contributed by atoms with Gasteiger partial charge in [0.15, 0.2) is 0 Å². The third kappa shape index (κ3) is 5.66. The Hall–Kier alpha value is -1.59. The van der Waals surface area contributed by atoms with Gasteiger partial charge in [-0.1, -0.05) is 13.8 Å². The third-order valence-electron chi connectivity index (χ3n) is 3.48. The van der Waals surface area contributed by atoms with E-state index in [0.717, 1.165) is 11.4 Å². The second-order valence-corrected chi connectivity index (χ2v) is 6.02. The molecule has 0 aromatic heterocycles. The van der Waals surface area contributed by atoms with Crippen LogP contribution in [0.2, 0.25) is 0 Å². The van der Waals surface area contributed by atoms with Crippen molar-refractivity contribution in [1.82, 2.24) is 4.90 Å². The topological polar surface area (TPSA) is 61.8 Å². The van der Waals surface area contributed by atoms with Crippen molar-refractivity contribution in [2.45, 2.75) is 45.8 Å². The minimum absolute atomic E-state index is 0.0567. The molecule has 0 heterocycles. The van der Waals surface area contributed by atoms with Gasteiger partial charge in [-0.2, -0.15) is 0 Å². The molecule has 0 bridgehead atoms. The Morgan fingerprint density at radius 3 is 2.32 bits per heavy atom. The van der Waals surface area contributed by atoms with Gasteiger partial charge in [0.05, 0.1) is 18.8 Å². The van der Waals surface area contributed by atoms with E-state index in [9.17, 15) is 9.90 Å². The highest BCUT2D eigenvalue weighted by Crippen LogP contribution is 2.17. The molecule has 0 radical (unpaired) electrons. The summed E-state index contributed by atoms with van der Waals surface area (Å²) in [6.45, 7) is 8.64. The maximum atomic E-state index is 12.5. The summed E-state index contributed by atoms with van der Waals surface area (Å²) in [5.74, 6) is 0.695. The molecule has 22 heavy (non-hydrogen) atoms. The van der Waals surface area contributed by atoms with Crippen LogP contribution in [0.1, 0.15) is 34.1 Å². The largest absolute Gasteiger partial charge is 0.497 e. The maximum absolute atomic E-state index is 12.5. The third-order valence-corrected chi connectivity index (χ3v) is 3.48. The number of hydrogen-bond acceptors (Lipinski definition) is 4. The van der Waals surface area contributed by atoms with Crippen molar-refractivity contribution in [3.05, 3.63) is 24.3 Å². The Morgan fingerprint density at radius 2 is 1.91 bits per heavy atom. The zero-order chi connectivity index (χ0) is 16.8. The summed E-state index contributed by atoms with van der Waals surface area (Å²) in [5, 5.41) is 12.9. The van der Waals surface area contributed by atoms with Crippen molar-refractivity contribution in [2.24, 2.45) is 0 Å². The molecule has 1 aromatic carbocycles. The summed E-state index contributed by atoms with van der Waals surface area (Å²) in [7, 11) is 1.61. The number of carbonyl (C=O) groups is 1. The first-order valence-corrected chi connectivity index (χ1v) is 7.72. The lowest BCUT2D eigenvalue weighted by Gasteiger charge is -2.33. The zero-order valence-electron chi connectivity index (χ0n) is 14.2. The second kappa shape index (κ2) is 8.15. The van der Waals surface area contributed by atoms with E-state index in [1.165, 1.54) is 0 Å². The van der Waals surface area contributed by atoms with Crippen LogP contribution in [0.25, 0.3) is 0 Å². The highest BCUT2D eigenvalue weighted by atomic mass is 16.5. The molecule has 1 rings (SSSR count). The summed E-state index contributed by atoms with van der Waals surface area (Å²) in [6, 6.07) is 6.99. The van der Waals surface area contributed by atoms with Gasteiger partial charge in [0.1, 0.15) is 5.75 Å². The number of hydrogen-bond donors (Lipinski definition) is 2. The number of carbonyl (C=O) groups excluding carboxylic acids is 1. The van der Waals surface area contributed by atoms with E-state index < -0.39 is 5.60 Å². The Bertz CT molecular complexity index is 466. The SMILES string of the molecule is CCC(C(=O)Nc1ccc(OC)cc1)N(CC)CC(C)(C)O. The van der Waals surface area contributed by atoms with Gasteiger partial charge in [0.25, 0.3) is 0 Å². The van der Waals surface area contributed by atoms with Crippen LogP contribution in [-0.2, 0) is 4.79 Å². The molecule has 0 aliphatic rings. The molecule has 0 saturated heterocycles. The highest BCUT2D eigenvalue weighted by Gasteiger charge is 2.27. The van der Waals surface area contributed by atoms with Crippen LogP contribution < -0.4 is 10.1 Å². The number of nitrogens with zero attached hydrogens (tertiary/aromatic N) is 1. The van der Waals surface area contributed by atoms with Crippen molar-refractivity contribution in [3.63, 3.8) is 0 Å². The van der Waals surface area contributed by atoms with Crippen LogP contribution in [0.4, 0.5) is 5.69 Å². The predicted molar refractivity (Wildman–Crippen MR) is 89.2 cm³/mol. The van der Waals surface area contributed by atoms with E-state index in [1.807, 2.05) is 43.0 Å². The molecule has 5 nitrogen and oxygen atoms in total. The molecule has 0 aliphatic carbocycles. The number of anilines is 1. The molecule has 0 saturated carbocycles. The number of likely N-dealkylation sites (N-methyl/N-ethyl adjacent to an activating group) is 1. The first-order valence-electron chi connectivity index (χ1n) is 7.72. The molecule has 0 spiro atoms. The lowest BCUT2D eigenvalue weighted by atomic mass is 10.1. The van der Waals surface area contributed by atoms with Gasteiger partial charge >= 0.3 is 0 Å². The first kappa shape index (κ1) is 18.5. The van der Waals surface area contributed by atoms with E-state index in [0.29, 0.717) is 19.5 Å². The first-order chi connectivity index (χ1) is 10.3. The summed E-state index contributed by atoms with van der Waals surface area (Å²) < 4.78 is 5.10. The van der Waals surface area contributed by atoms with E-state index in [-0.39, 0.29) is 11.9 Å². The number of rotatable bonds is 8. The maximum Gasteiger partial charge on any atom is 0.241 e. The molecule has 124 valence electrons. The summed E-state index contributed by atoms with van der Waals surface area (Å²) >= 11 is 0. The quantitative estimate of drug-likeness (QED) is 0.774. The second-order valence-electron chi connectivity index (χ2n) is 6.02. The fourth-order valence-electron chi connectivity index (χ4n) is 2.45. The number of nitrogens with one attached hydrogen (secondary N) is 1. The van der Waals surface area contributed by atoms with Crippen LogP contribution in [0.15, 0.2) is 24.3 Å². The molecule has 0 aliphatic heterocycles. The lowest BCUT2D eigenvalue weighted by molar-refractivity contribution is -0.122. The minimum Gasteiger partial charge on any atom is -0.497 e. The van der Waals surface area contributed by atoms with E-state index in [2.05, 4.69) is 5.32 Å². The van der Waals surface area contributed by atoms with Crippen molar-refractivity contribution in [1.29, 1.82) is 0 Å². The van der Waals surface area contributed by atoms with E-state index in [1.54, 1.807) is 21.0 Å². The van der Waals surface area contributed by atoms with Gasteiger partial charge in [-0.3, -0.25) is 9.69 Å². The smallest absolute Gasteiger partial charge is 0.241 e. The predicted octanol–water partition coefficient (Wildman–Crippen LogP) is 2.51. The van der Waals surface area contributed by atoms with Gasteiger partial charge in [0, 0.05) is 12.2 Å². The van der Waals surface area contributed by atoms with Gasteiger partial charge in [0.2, 0.25) is 5.91 Å². The molecular weight excluding hydrogens is 280 g/mol. The van der Waals surface area contributed by atoms with E-state index in [4.69, 9.17) is 4.74 Å². The monoisotopic (exact) mass is 308 g/mol. The van der Waals surface area contributed by atoms with Gasteiger partial charge in [-0.25, -0.2) is 0 Å². The Balaban J connectivity index is 2.77. The fraction of sp³-hybridized carbons (Fsp3) is 0.588. The number of methoxy groups -OCH3 is 1. The zero-order valence-corrected chi connectivity index (χ0v) is 14.2. The number of benzene rings is 1.